The van der Waals surface area contributed by atoms with Gasteiger partial charge in [0.25, 0.3) is 0 Å². The second-order valence-corrected chi connectivity index (χ2v) is 4.89. The Kier molecular flexibility index (Phi) is 3.57. The summed E-state index contributed by atoms with van der Waals surface area (Å²) in [5.74, 6) is 0. The first-order chi connectivity index (χ1) is 5.62. The minimum Gasteiger partial charge on any atom is -0.328 e. The summed E-state index contributed by atoms with van der Waals surface area (Å²) in [6, 6.07) is 0.392. The van der Waals surface area contributed by atoms with E-state index in [1.807, 2.05) is 0 Å². The van der Waals surface area contributed by atoms with Crippen LogP contribution < -0.4 is 5.73 Å². The molecule has 0 aromatic heterocycles. The topological polar surface area (TPSA) is 26.0 Å². The second-order valence-electron chi connectivity index (χ2n) is 4.89. The van der Waals surface area contributed by atoms with Crippen LogP contribution in [0, 0.1) is 5.41 Å². The number of hydrogen-bond donors (Lipinski definition) is 1. The van der Waals surface area contributed by atoms with Crippen LogP contribution in [0.3, 0.4) is 0 Å². The molecule has 0 spiro atoms. The molecule has 0 saturated heterocycles. The molecule has 1 heteroatoms. The van der Waals surface area contributed by atoms with Crippen LogP contribution in [0.2, 0.25) is 0 Å². The molecular formula is C11H23N. The molecule has 1 atom stereocenters. The van der Waals surface area contributed by atoms with Gasteiger partial charge in [-0.15, -0.1) is 0 Å². The Morgan fingerprint density at radius 1 is 1.25 bits per heavy atom. The van der Waals surface area contributed by atoms with Crippen molar-refractivity contribution in [2.75, 3.05) is 0 Å². The average Bonchev–Trinajstić information content (AvgIpc) is 2.03. The Morgan fingerprint density at radius 3 is 2.33 bits per heavy atom. The first-order valence-corrected chi connectivity index (χ1v) is 5.38. The first kappa shape index (κ1) is 10.0. The monoisotopic (exact) mass is 169 g/mol. The lowest BCUT2D eigenvalue weighted by atomic mass is 9.72. The van der Waals surface area contributed by atoms with E-state index in [2.05, 4.69) is 13.8 Å². The minimum atomic E-state index is 0.392. The molecule has 0 aromatic rings. The van der Waals surface area contributed by atoms with Gasteiger partial charge < -0.3 is 5.73 Å². The van der Waals surface area contributed by atoms with Gasteiger partial charge in [0.1, 0.15) is 0 Å². The Bertz CT molecular complexity index is 123. The predicted molar refractivity (Wildman–Crippen MR) is 54.1 cm³/mol. The van der Waals surface area contributed by atoms with Crippen LogP contribution >= 0.6 is 0 Å². The first-order valence-electron chi connectivity index (χ1n) is 5.38. The third-order valence-electron chi connectivity index (χ3n) is 3.26. The predicted octanol–water partition coefficient (Wildman–Crippen LogP) is 3.08. The second kappa shape index (κ2) is 4.27. The Hall–Kier alpha value is -0.0400. The maximum atomic E-state index is 5.77. The van der Waals surface area contributed by atoms with Crippen molar-refractivity contribution in [1.29, 1.82) is 0 Å². The van der Waals surface area contributed by atoms with E-state index in [1.54, 1.807) is 0 Å². The molecule has 2 N–H and O–H groups in total. The fourth-order valence-electron chi connectivity index (χ4n) is 2.23. The minimum absolute atomic E-state index is 0.392. The van der Waals surface area contributed by atoms with Gasteiger partial charge in [-0.1, -0.05) is 26.2 Å². The van der Waals surface area contributed by atoms with Gasteiger partial charge in [-0.2, -0.15) is 0 Å². The van der Waals surface area contributed by atoms with Crippen molar-refractivity contribution in [2.24, 2.45) is 11.1 Å². The molecule has 1 unspecified atom stereocenters. The fraction of sp³-hybridized carbons (Fsp3) is 1.00. The van der Waals surface area contributed by atoms with Crippen LogP contribution in [0.5, 0.6) is 0 Å². The summed E-state index contributed by atoms with van der Waals surface area (Å²) in [6.45, 7) is 4.56. The lowest BCUT2D eigenvalue weighted by Crippen LogP contribution is -2.24. The summed E-state index contributed by atoms with van der Waals surface area (Å²) in [4.78, 5) is 0. The number of nitrogens with two attached hydrogens (primary N) is 1. The van der Waals surface area contributed by atoms with Crippen molar-refractivity contribution < 1.29 is 0 Å². The summed E-state index contributed by atoms with van der Waals surface area (Å²) < 4.78 is 0. The van der Waals surface area contributed by atoms with Crippen LogP contribution in [-0.4, -0.2) is 6.04 Å². The highest BCUT2D eigenvalue weighted by atomic mass is 14.6. The van der Waals surface area contributed by atoms with Crippen LogP contribution in [-0.2, 0) is 0 Å². The number of rotatable bonds is 3. The van der Waals surface area contributed by atoms with E-state index in [0.717, 1.165) is 0 Å². The van der Waals surface area contributed by atoms with Gasteiger partial charge in [0.15, 0.2) is 0 Å². The largest absolute Gasteiger partial charge is 0.328 e. The van der Waals surface area contributed by atoms with Crippen LogP contribution in [0.15, 0.2) is 0 Å². The quantitative estimate of drug-likeness (QED) is 0.690. The summed E-state index contributed by atoms with van der Waals surface area (Å²) in [5.41, 5.74) is 6.40. The van der Waals surface area contributed by atoms with E-state index >= 15 is 0 Å². The van der Waals surface area contributed by atoms with Crippen molar-refractivity contribution >= 4 is 0 Å². The van der Waals surface area contributed by atoms with E-state index in [4.69, 9.17) is 5.73 Å². The lowest BCUT2D eigenvalue weighted by molar-refractivity contribution is 0.191. The highest BCUT2D eigenvalue weighted by Crippen LogP contribution is 2.39. The zero-order valence-electron chi connectivity index (χ0n) is 8.60. The van der Waals surface area contributed by atoms with Gasteiger partial charge in [-0.05, 0) is 38.0 Å². The molecule has 72 valence electrons. The van der Waals surface area contributed by atoms with Gasteiger partial charge >= 0.3 is 0 Å². The standard InChI is InChI=1S/C11H23N/c1-10(12)6-9-11(2)7-4-3-5-8-11/h10H,3-9,12H2,1-2H3. The molecule has 0 heterocycles. The van der Waals surface area contributed by atoms with Gasteiger partial charge in [0.2, 0.25) is 0 Å². The Morgan fingerprint density at radius 2 is 1.83 bits per heavy atom. The molecule has 0 amide bonds. The molecule has 12 heavy (non-hydrogen) atoms. The maximum Gasteiger partial charge on any atom is 0.00106 e. The molecule has 0 bridgehead atoms. The zero-order chi connectivity index (χ0) is 9.03. The third kappa shape index (κ3) is 3.14. The van der Waals surface area contributed by atoms with E-state index in [0.29, 0.717) is 11.5 Å². The summed E-state index contributed by atoms with van der Waals surface area (Å²) >= 11 is 0. The molecule has 1 aliphatic rings. The third-order valence-corrected chi connectivity index (χ3v) is 3.26. The van der Waals surface area contributed by atoms with Gasteiger partial charge in [0.05, 0.1) is 0 Å². The SMILES string of the molecule is CC(N)CCC1(C)CCCCC1. The van der Waals surface area contributed by atoms with Crippen molar-refractivity contribution in [3.63, 3.8) is 0 Å². The molecule has 0 aromatic carbocycles. The summed E-state index contributed by atoms with van der Waals surface area (Å²) in [6.07, 6.45) is 9.74. The van der Waals surface area contributed by atoms with Crippen LogP contribution in [0.1, 0.15) is 58.8 Å². The maximum absolute atomic E-state index is 5.77. The fourth-order valence-corrected chi connectivity index (χ4v) is 2.23. The highest BCUT2D eigenvalue weighted by Gasteiger charge is 2.26. The van der Waals surface area contributed by atoms with E-state index in [-0.39, 0.29) is 0 Å². The van der Waals surface area contributed by atoms with Gasteiger partial charge in [-0.3, -0.25) is 0 Å². The average molecular weight is 169 g/mol. The van der Waals surface area contributed by atoms with Crippen molar-refractivity contribution in [1.82, 2.24) is 0 Å². The summed E-state index contributed by atoms with van der Waals surface area (Å²) in [7, 11) is 0. The zero-order valence-corrected chi connectivity index (χ0v) is 8.60. The molecule has 1 nitrogen and oxygen atoms in total. The van der Waals surface area contributed by atoms with Gasteiger partial charge in [0, 0.05) is 6.04 Å². The smallest absolute Gasteiger partial charge is 0.00106 e. The molecule has 1 aliphatic carbocycles. The molecule has 1 fully saturated rings. The van der Waals surface area contributed by atoms with E-state index < -0.39 is 0 Å². The molecule has 1 saturated carbocycles. The lowest BCUT2D eigenvalue weighted by Gasteiger charge is -2.34. The molecule has 0 aliphatic heterocycles. The van der Waals surface area contributed by atoms with Crippen LogP contribution in [0.25, 0.3) is 0 Å². The highest BCUT2D eigenvalue weighted by molar-refractivity contribution is 4.79. The summed E-state index contributed by atoms with van der Waals surface area (Å²) in [5, 5.41) is 0. The van der Waals surface area contributed by atoms with Crippen molar-refractivity contribution in [2.45, 2.75) is 64.8 Å². The molecular weight excluding hydrogens is 146 g/mol. The number of hydrogen-bond acceptors (Lipinski definition) is 1. The molecule has 1 rings (SSSR count). The van der Waals surface area contributed by atoms with Gasteiger partial charge in [-0.25, -0.2) is 0 Å². The van der Waals surface area contributed by atoms with Crippen molar-refractivity contribution in [3.8, 4) is 0 Å². The molecule has 0 radical (unpaired) electrons. The normalized spacial score (nSPS) is 25.2. The van der Waals surface area contributed by atoms with Crippen molar-refractivity contribution in [3.05, 3.63) is 0 Å². The Labute approximate surface area is 76.7 Å². The van der Waals surface area contributed by atoms with Crippen LogP contribution in [0.4, 0.5) is 0 Å². The Balaban J connectivity index is 2.26. The van der Waals surface area contributed by atoms with E-state index in [9.17, 15) is 0 Å². The van der Waals surface area contributed by atoms with E-state index in [1.165, 1.54) is 44.9 Å².